The molecule has 0 radical (unpaired) electrons. The lowest BCUT2D eigenvalue weighted by Gasteiger charge is -2.39. The van der Waals surface area contributed by atoms with Gasteiger partial charge in [0.25, 0.3) is 5.91 Å². The van der Waals surface area contributed by atoms with Crippen molar-refractivity contribution in [2.75, 3.05) is 18.4 Å². The summed E-state index contributed by atoms with van der Waals surface area (Å²) in [7, 11) is 0. The van der Waals surface area contributed by atoms with Crippen LogP contribution in [0.5, 0.6) is 0 Å². The van der Waals surface area contributed by atoms with Crippen LogP contribution in [0.2, 0.25) is 0 Å². The molecule has 1 saturated heterocycles. The quantitative estimate of drug-likeness (QED) is 0.510. The zero-order valence-corrected chi connectivity index (χ0v) is 20.9. The number of carbonyl (C=O) groups excluding carboxylic acids is 3. The van der Waals surface area contributed by atoms with Gasteiger partial charge in [-0.05, 0) is 39.8 Å². The largest absolute Gasteiger partial charge is 0.456 e. The van der Waals surface area contributed by atoms with Crippen molar-refractivity contribution in [1.82, 2.24) is 25.3 Å². The third-order valence-electron chi connectivity index (χ3n) is 5.01. The number of aromatic nitrogens is 3. The molecule has 1 aliphatic rings. The summed E-state index contributed by atoms with van der Waals surface area (Å²) < 4.78 is 10.4. The lowest BCUT2D eigenvalue weighted by atomic mass is 10.1. The Morgan fingerprint density at radius 2 is 1.91 bits per heavy atom. The average molecular weight is 499 g/mol. The van der Waals surface area contributed by atoms with Crippen molar-refractivity contribution in [3.05, 3.63) is 46.3 Å². The number of rotatable bonds is 5. The fourth-order valence-corrected chi connectivity index (χ4v) is 4.19. The number of amides is 3. The minimum atomic E-state index is -0.624. The standard InChI is InChI=1S/C23H26N6O5S/c1-12-17(20(31)33-23(3,4)5)35-21(24-12)27-22(32)29-10-16(11-29)26-19(30)15-8-6-7-14(9-15)18-25-13(2)34-28-18/h6-9,16H,10-11H2,1-5H3,(H,26,30)(H,24,27,32). The topological polar surface area (TPSA) is 140 Å². The van der Waals surface area contributed by atoms with Crippen molar-refractivity contribution in [2.45, 2.75) is 46.3 Å². The second-order valence-corrected chi connectivity index (χ2v) is 10.2. The Bertz CT molecular complexity index is 1270. The Morgan fingerprint density at radius 3 is 2.57 bits per heavy atom. The molecule has 2 aromatic heterocycles. The summed E-state index contributed by atoms with van der Waals surface area (Å²) in [4.78, 5) is 47.9. The van der Waals surface area contributed by atoms with E-state index in [1.165, 1.54) is 0 Å². The molecule has 0 atom stereocenters. The molecule has 1 aromatic carbocycles. The van der Waals surface area contributed by atoms with Crippen LogP contribution in [0.25, 0.3) is 11.4 Å². The van der Waals surface area contributed by atoms with Gasteiger partial charge in [0.1, 0.15) is 10.5 Å². The van der Waals surface area contributed by atoms with Gasteiger partial charge in [-0.1, -0.05) is 28.6 Å². The van der Waals surface area contributed by atoms with E-state index in [4.69, 9.17) is 9.26 Å². The maximum atomic E-state index is 12.7. The number of aryl methyl sites for hydroxylation is 2. The van der Waals surface area contributed by atoms with Crippen LogP contribution in [0.15, 0.2) is 28.8 Å². The summed E-state index contributed by atoms with van der Waals surface area (Å²) in [5.41, 5.74) is 1.00. The summed E-state index contributed by atoms with van der Waals surface area (Å²) >= 11 is 1.07. The van der Waals surface area contributed by atoms with Gasteiger partial charge in [-0.3, -0.25) is 10.1 Å². The molecular formula is C23H26N6O5S. The highest BCUT2D eigenvalue weighted by Crippen LogP contribution is 2.26. The monoisotopic (exact) mass is 498 g/mol. The van der Waals surface area contributed by atoms with Crippen LogP contribution >= 0.6 is 11.3 Å². The number of nitrogens with zero attached hydrogens (tertiary/aromatic N) is 4. The second kappa shape index (κ2) is 9.45. The van der Waals surface area contributed by atoms with Gasteiger partial charge in [0.2, 0.25) is 11.7 Å². The van der Waals surface area contributed by atoms with E-state index in [1.807, 2.05) is 0 Å². The number of hydrogen-bond donors (Lipinski definition) is 2. The molecular weight excluding hydrogens is 472 g/mol. The number of likely N-dealkylation sites (tertiary alicyclic amines) is 1. The normalized spacial score (nSPS) is 13.8. The number of thiazole rings is 1. The van der Waals surface area contributed by atoms with Crippen molar-refractivity contribution in [1.29, 1.82) is 0 Å². The molecule has 12 heteroatoms. The van der Waals surface area contributed by atoms with Gasteiger partial charge in [0.15, 0.2) is 5.13 Å². The highest BCUT2D eigenvalue weighted by Gasteiger charge is 2.33. The molecule has 2 N–H and O–H groups in total. The first-order valence-corrected chi connectivity index (χ1v) is 11.8. The van der Waals surface area contributed by atoms with Crippen molar-refractivity contribution >= 4 is 34.4 Å². The Kier molecular flexibility index (Phi) is 6.57. The minimum absolute atomic E-state index is 0.181. The fourth-order valence-electron chi connectivity index (χ4n) is 3.35. The second-order valence-electron chi connectivity index (χ2n) is 9.16. The number of nitrogens with one attached hydrogen (secondary N) is 2. The maximum absolute atomic E-state index is 12.7. The van der Waals surface area contributed by atoms with Crippen molar-refractivity contribution in [3.63, 3.8) is 0 Å². The van der Waals surface area contributed by atoms with E-state index >= 15 is 0 Å². The highest BCUT2D eigenvalue weighted by molar-refractivity contribution is 7.17. The predicted octanol–water partition coefficient (Wildman–Crippen LogP) is 3.41. The van der Waals surface area contributed by atoms with Gasteiger partial charge in [-0.2, -0.15) is 4.98 Å². The zero-order chi connectivity index (χ0) is 25.3. The first-order chi connectivity index (χ1) is 16.5. The Hall–Kier alpha value is -3.80. The molecule has 35 heavy (non-hydrogen) atoms. The SMILES string of the molecule is Cc1nc(-c2cccc(C(=O)NC3CN(C(=O)Nc4nc(C)c(C(=O)OC(C)(C)C)s4)C3)c2)no1. The van der Waals surface area contributed by atoms with Gasteiger partial charge >= 0.3 is 12.0 Å². The summed E-state index contributed by atoms with van der Waals surface area (Å²) in [6.07, 6.45) is 0. The van der Waals surface area contributed by atoms with Gasteiger partial charge in [-0.25, -0.2) is 14.6 Å². The summed E-state index contributed by atoms with van der Waals surface area (Å²) in [5, 5.41) is 9.81. The first-order valence-electron chi connectivity index (χ1n) is 11.0. The molecule has 0 saturated carbocycles. The van der Waals surface area contributed by atoms with Crippen LogP contribution in [-0.4, -0.2) is 62.7 Å². The Labute approximate surface area is 205 Å². The van der Waals surface area contributed by atoms with Gasteiger partial charge < -0.3 is 19.5 Å². The summed E-state index contributed by atoms with van der Waals surface area (Å²) in [5.74, 6) is 0.125. The molecule has 1 aliphatic heterocycles. The van der Waals surface area contributed by atoms with Gasteiger partial charge in [0.05, 0.1) is 11.7 Å². The summed E-state index contributed by atoms with van der Waals surface area (Å²) in [6.45, 7) is 9.45. The van der Waals surface area contributed by atoms with E-state index in [9.17, 15) is 14.4 Å². The number of benzene rings is 1. The van der Waals surface area contributed by atoms with Gasteiger partial charge in [0, 0.05) is 31.1 Å². The van der Waals surface area contributed by atoms with E-state index in [2.05, 4.69) is 25.8 Å². The minimum Gasteiger partial charge on any atom is -0.456 e. The van der Waals surface area contributed by atoms with E-state index in [0.717, 1.165) is 11.3 Å². The smallest absolute Gasteiger partial charge is 0.350 e. The molecule has 184 valence electrons. The molecule has 11 nitrogen and oxygen atoms in total. The first kappa shape index (κ1) is 24.3. The highest BCUT2D eigenvalue weighted by atomic mass is 32.1. The summed E-state index contributed by atoms with van der Waals surface area (Å²) in [6, 6.07) is 6.40. The number of urea groups is 1. The van der Waals surface area contributed by atoms with Crippen LogP contribution < -0.4 is 10.6 Å². The van der Waals surface area contributed by atoms with Crippen molar-refractivity contribution in [2.24, 2.45) is 0 Å². The lowest BCUT2D eigenvalue weighted by Crippen LogP contribution is -2.61. The molecule has 0 aliphatic carbocycles. The van der Waals surface area contributed by atoms with Crippen molar-refractivity contribution in [3.8, 4) is 11.4 Å². The third kappa shape index (κ3) is 5.83. The van der Waals surface area contributed by atoms with Crippen molar-refractivity contribution < 1.29 is 23.6 Å². The van der Waals surface area contributed by atoms with E-state index in [1.54, 1.807) is 63.8 Å². The average Bonchev–Trinajstić information content (AvgIpc) is 3.34. The Morgan fingerprint density at radius 1 is 1.17 bits per heavy atom. The molecule has 3 amide bonds. The molecule has 0 spiro atoms. The maximum Gasteiger partial charge on any atom is 0.350 e. The van der Waals surface area contributed by atoms with Crippen LogP contribution in [-0.2, 0) is 4.74 Å². The zero-order valence-electron chi connectivity index (χ0n) is 20.0. The lowest BCUT2D eigenvalue weighted by molar-refractivity contribution is 0.00740. The fraction of sp³-hybridized carbons (Fsp3) is 0.391. The number of esters is 1. The number of hydrogen-bond acceptors (Lipinski definition) is 9. The molecule has 1 fully saturated rings. The molecule has 0 bridgehead atoms. The molecule has 0 unspecified atom stereocenters. The molecule has 3 aromatic rings. The van der Waals surface area contributed by atoms with E-state index in [-0.39, 0.29) is 18.0 Å². The number of anilines is 1. The number of ether oxygens (including phenoxy) is 1. The van der Waals surface area contributed by atoms with Crippen LogP contribution in [0.3, 0.4) is 0 Å². The van der Waals surface area contributed by atoms with E-state index in [0.29, 0.717) is 51.6 Å². The van der Waals surface area contributed by atoms with E-state index < -0.39 is 11.6 Å². The van der Waals surface area contributed by atoms with Crippen LogP contribution in [0, 0.1) is 13.8 Å². The molecule has 4 rings (SSSR count). The third-order valence-corrected chi connectivity index (χ3v) is 6.06. The van der Waals surface area contributed by atoms with Crippen LogP contribution in [0.1, 0.15) is 52.4 Å². The number of carbonyl (C=O) groups is 3. The van der Waals surface area contributed by atoms with Gasteiger partial charge in [-0.15, -0.1) is 0 Å². The predicted molar refractivity (Wildman–Crippen MR) is 128 cm³/mol. The molecule has 3 heterocycles. The Balaban J connectivity index is 1.29. The van der Waals surface area contributed by atoms with Crippen LogP contribution in [0.4, 0.5) is 9.93 Å².